The van der Waals surface area contributed by atoms with Crippen LogP contribution in [-0.2, 0) is 4.74 Å². The van der Waals surface area contributed by atoms with Gasteiger partial charge in [0.15, 0.2) is 0 Å². The Balaban J connectivity index is 0.000000248. The highest BCUT2D eigenvalue weighted by Crippen LogP contribution is 2.46. The first kappa shape index (κ1) is 29.0. The molecule has 0 spiro atoms. The molecular weight excluding hydrogens is 506 g/mol. The van der Waals surface area contributed by atoms with Crippen molar-refractivity contribution in [3.63, 3.8) is 0 Å². The molecule has 3 heterocycles. The topological polar surface area (TPSA) is 50.3 Å². The van der Waals surface area contributed by atoms with E-state index in [1.54, 1.807) is 0 Å². The number of aryl methyl sites for hydroxylation is 1. The van der Waals surface area contributed by atoms with Crippen molar-refractivity contribution in [2.45, 2.75) is 110 Å². The fourth-order valence-corrected chi connectivity index (χ4v) is 6.62. The summed E-state index contributed by atoms with van der Waals surface area (Å²) >= 11 is 0. The molecule has 40 heavy (non-hydrogen) atoms. The smallest absolute Gasteiger partial charge is 0.252 e. The number of benzene rings is 1. The van der Waals surface area contributed by atoms with Gasteiger partial charge in [0.25, 0.3) is 5.92 Å². The Hall–Kier alpha value is -2.54. The Morgan fingerprint density at radius 3 is 2.42 bits per heavy atom. The summed E-state index contributed by atoms with van der Waals surface area (Å²) in [5.41, 5.74) is 5.94. The lowest BCUT2D eigenvalue weighted by atomic mass is 9.75. The number of halogens is 2. The van der Waals surface area contributed by atoms with Gasteiger partial charge in [-0.15, -0.1) is 0 Å². The largest absolute Gasteiger partial charge is 0.380 e. The highest BCUT2D eigenvalue weighted by Gasteiger charge is 2.46. The van der Waals surface area contributed by atoms with E-state index < -0.39 is 5.92 Å². The van der Waals surface area contributed by atoms with Crippen molar-refractivity contribution in [3.05, 3.63) is 42.1 Å². The van der Waals surface area contributed by atoms with Crippen LogP contribution in [0.5, 0.6) is 0 Å². The quantitative estimate of drug-likeness (QED) is 0.373. The minimum Gasteiger partial charge on any atom is -0.380 e. The van der Waals surface area contributed by atoms with Crippen molar-refractivity contribution in [1.82, 2.24) is 9.97 Å². The normalized spacial score (nSPS) is 22.1. The predicted molar refractivity (Wildman–Crippen MR) is 160 cm³/mol. The van der Waals surface area contributed by atoms with Crippen molar-refractivity contribution in [2.75, 3.05) is 23.4 Å². The third-order valence-corrected chi connectivity index (χ3v) is 9.47. The van der Waals surface area contributed by atoms with Gasteiger partial charge in [-0.2, -0.15) is 4.98 Å². The number of anilines is 2. The van der Waals surface area contributed by atoms with Gasteiger partial charge in [0.2, 0.25) is 5.95 Å². The first-order chi connectivity index (χ1) is 19.1. The molecule has 0 bridgehead atoms. The van der Waals surface area contributed by atoms with Crippen LogP contribution in [0.2, 0.25) is 0 Å². The number of nitrogens with zero attached hydrogens (tertiary/aromatic N) is 3. The number of aromatic nitrogens is 2. The van der Waals surface area contributed by atoms with E-state index in [0.717, 1.165) is 60.2 Å². The van der Waals surface area contributed by atoms with Gasteiger partial charge in [-0.1, -0.05) is 70.7 Å². The summed E-state index contributed by atoms with van der Waals surface area (Å²) in [5.74, 6) is -0.417. The second kappa shape index (κ2) is 11.8. The zero-order chi connectivity index (χ0) is 28.5. The summed E-state index contributed by atoms with van der Waals surface area (Å²) in [7, 11) is 0. The van der Waals surface area contributed by atoms with Crippen molar-refractivity contribution in [1.29, 1.82) is 0 Å². The molecule has 1 atom stereocenters. The van der Waals surface area contributed by atoms with Gasteiger partial charge >= 0.3 is 0 Å². The molecular formula is C33H46F2N4O. The highest BCUT2D eigenvalue weighted by atomic mass is 19.3. The van der Waals surface area contributed by atoms with E-state index in [-0.39, 0.29) is 18.9 Å². The molecule has 0 radical (unpaired) electrons. The van der Waals surface area contributed by atoms with Gasteiger partial charge < -0.3 is 15.0 Å². The fraction of sp³-hybridized carbons (Fsp3) is 0.636. The maximum atomic E-state index is 13.2. The lowest BCUT2D eigenvalue weighted by Crippen LogP contribution is -2.44. The molecule has 7 heteroatoms. The maximum Gasteiger partial charge on any atom is 0.252 e. The van der Waals surface area contributed by atoms with Crippen LogP contribution in [0, 0.1) is 18.3 Å². The average Bonchev–Trinajstić information content (AvgIpc) is 2.91. The number of ether oxygens (including phenoxy) is 1. The van der Waals surface area contributed by atoms with Crippen molar-refractivity contribution in [3.8, 4) is 11.1 Å². The lowest BCUT2D eigenvalue weighted by Gasteiger charge is -2.42. The summed E-state index contributed by atoms with van der Waals surface area (Å²) in [5, 5.41) is 3.10. The molecule has 5 nitrogen and oxygen atoms in total. The molecule has 1 aromatic carbocycles. The molecule has 1 N–H and O–H groups in total. The van der Waals surface area contributed by atoms with E-state index in [4.69, 9.17) is 9.72 Å². The zero-order valence-electron chi connectivity index (χ0n) is 24.7. The van der Waals surface area contributed by atoms with E-state index in [9.17, 15) is 8.78 Å². The first-order valence-corrected chi connectivity index (χ1v) is 15.3. The zero-order valence-corrected chi connectivity index (χ0v) is 24.7. The number of hydrogen-bond acceptors (Lipinski definition) is 5. The average molecular weight is 553 g/mol. The monoisotopic (exact) mass is 552 g/mol. The second-order valence-electron chi connectivity index (χ2n) is 12.8. The molecule has 6 rings (SSSR count). The van der Waals surface area contributed by atoms with Gasteiger partial charge in [-0.05, 0) is 50.2 Å². The molecule has 0 amide bonds. The number of hydrogen-bond donors (Lipinski definition) is 1. The van der Waals surface area contributed by atoms with Gasteiger partial charge in [-0.3, -0.25) is 0 Å². The number of rotatable bonds is 7. The molecule has 2 aliphatic carbocycles. The van der Waals surface area contributed by atoms with Crippen LogP contribution in [0.25, 0.3) is 16.8 Å². The Bertz CT molecular complexity index is 1190. The van der Waals surface area contributed by atoms with E-state index in [0.29, 0.717) is 17.4 Å². The van der Waals surface area contributed by atoms with Crippen LogP contribution < -0.4 is 10.2 Å². The van der Waals surface area contributed by atoms with Gasteiger partial charge in [0.05, 0.1) is 13.2 Å². The van der Waals surface area contributed by atoms with Crippen molar-refractivity contribution >= 4 is 17.5 Å². The van der Waals surface area contributed by atoms with Crippen LogP contribution in [0.4, 0.5) is 20.5 Å². The van der Waals surface area contributed by atoms with E-state index in [1.165, 1.54) is 44.1 Å². The van der Waals surface area contributed by atoms with Crippen LogP contribution >= 0.6 is 0 Å². The Morgan fingerprint density at radius 2 is 1.82 bits per heavy atom. The van der Waals surface area contributed by atoms with Crippen LogP contribution in [-0.4, -0.2) is 41.2 Å². The molecule has 1 aromatic heterocycles. The number of alkyl halides is 2. The SMILES string of the molecule is C=C1c2cc(C)ccc2-c2cnc(NC3CC(F)(F)C3)nc2N1C1CCCCC1.CCC(C)CC1(CC)COC1. The summed E-state index contributed by atoms with van der Waals surface area (Å²) in [6.07, 6.45) is 11.4. The lowest BCUT2D eigenvalue weighted by molar-refractivity contribution is -0.125. The van der Waals surface area contributed by atoms with Gasteiger partial charge in [-0.25, -0.2) is 13.8 Å². The Labute approximate surface area is 238 Å². The summed E-state index contributed by atoms with van der Waals surface area (Å²) in [4.78, 5) is 11.5. The number of fused-ring (bicyclic) bond motifs is 3. The van der Waals surface area contributed by atoms with Crippen LogP contribution in [0.3, 0.4) is 0 Å². The summed E-state index contributed by atoms with van der Waals surface area (Å²) in [6.45, 7) is 15.4. The molecule has 218 valence electrons. The minimum absolute atomic E-state index is 0.158. The molecule has 2 aliphatic heterocycles. The minimum atomic E-state index is -2.56. The van der Waals surface area contributed by atoms with Gasteiger partial charge in [0.1, 0.15) is 5.82 Å². The van der Waals surface area contributed by atoms with Crippen molar-refractivity contribution in [2.24, 2.45) is 11.3 Å². The van der Waals surface area contributed by atoms with Crippen LogP contribution in [0.1, 0.15) is 96.1 Å². The highest BCUT2D eigenvalue weighted by molar-refractivity contribution is 5.97. The summed E-state index contributed by atoms with van der Waals surface area (Å²) in [6, 6.07) is 6.47. The fourth-order valence-electron chi connectivity index (χ4n) is 6.62. The standard InChI is InChI=1S/C23H26F2N4.C10H20O/c1-14-8-9-18-19(10-14)15(2)29(17-6-4-3-5-7-17)21-20(18)13-26-22(28-21)27-16-11-23(24,25)12-16;1-4-9(3)6-10(5-2)7-11-8-10/h8-10,13,16-17H,2-7,11-12H2,1H3,(H,26,27,28);9H,4-8H2,1-3H3. The second-order valence-corrected chi connectivity index (χ2v) is 12.8. The van der Waals surface area contributed by atoms with E-state index in [1.807, 2.05) is 6.20 Å². The summed E-state index contributed by atoms with van der Waals surface area (Å²) < 4.78 is 31.7. The van der Waals surface area contributed by atoms with E-state index in [2.05, 4.69) is 67.7 Å². The third-order valence-electron chi connectivity index (χ3n) is 9.47. The first-order valence-electron chi connectivity index (χ1n) is 15.3. The molecule has 1 saturated heterocycles. The molecule has 2 aromatic rings. The number of nitrogens with one attached hydrogen (secondary N) is 1. The predicted octanol–water partition coefficient (Wildman–Crippen LogP) is 8.63. The molecule has 4 aliphatic rings. The maximum absolute atomic E-state index is 13.2. The third kappa shape index (κ3) is 6.05. The Morgan fingerprint density at radius 1 is 1.10 bits per heavy atom. The van der Waals surface area contributed by atoms with Crippen molar-refractivity contribution < 1.29 is 13.5 Å². The molecule has 3 fully saturated rings. The molecule has 1 unspecified atom stereocenters. The van der Waals surface area contributed by atoms with Crippen LogP contribution in [0.15, 0.2) is 31.0 Å². The van der Waals surface area contributed by atoms with Gasteiger partial charge in [0, 0.05) is 53.4 Å². The Kier molecular flexibility index (Phi) is 8.51. The molecule has 2 saturated carbocycles. The van der Waals surface area contributed by atoms with E-state index >= 15 is 0 Å².